The second kappa shape index (κ2) is 11.5. The molecule has 0 spiro atoms. The summed E-state index contributed by atoms with van der Waals surface area (Å²) in [5.41, 5.74) is 1.20. The molecule has 1 amide bonds. The zero-order chi connectivity index (χ0) is 24.7. The number of sulfonamides is 1. The largest absolute Gasteiger partial charge is 0.497 e. The Labute approximate surface area is 209 Å². The standard InChI is InChI=1S/C24H24Cl2N2O5S/c1-17-6-7-21(15-23(17)26)33-13-12-27-24(29)16-28(19-5-3-4-18(25)14-19)34(30,31)22-10-8-20(32-2)9-11-22/h3-11,14-15H,12-13,16H2,1-2H3,(H,27,29). The van der Waals surface area contributed by atoms with E-state index in [0.29, 0.717) is 21.5 Å². The minimum Gasteiger partial charge on any atom is -0.497 e. The number of nitrogens with one attached hydrogen (secondary N) is 1. The molecule has 0 bridgehead atoms. The van der Waals surface area contributed by atoms with E-state index in [2.05, 4.69) is 5.32 Å². The maximum atomic E-state index is 13.4. The molecule has 0 heterocycles. The number of carbonyl (C=O) groups excluding carboxylic acids is 1. The Bertz CT molecular complexity index is 1250. The molecule has 10 heteroatoms. The minimum atomic E-state index is -4.06. The highest BCUT2D eigenvalue weighted by atomic mass is 35.5. The van der Waals surface area contributed by atoms with Crippen LogP contribution in [-0.2, 0) is 14.8 Å². The van der Waals surface area contributed by atoms with Crippen molar-refractivity contribution in [3.63, 3.8) is 0 Å². The zero-order valence-corrected chi connectivity index (χ0v) is 21.0. The van der Waals surface area contributed by atoms with Crippen molar-refractivity contribution in [1.82, 2.24) is 5.32 Å². The van der Waals surface area contributed by atoms with Crippen molar-refractivity contribution in [2.45, 2.75) is 11.8 Å². The highest BCUT2D eigenvalue weighted by molar-refractivity contribution is 7.92. The molecule has 34 heavy (non-hydrogen) atoms. The van der Waals surface area contributed by atoms with E-state index in [1.807, 2.05) is 13.0 Å². The first-order valence-electron chi connectivity index (χ1n) is 10.3. The molecule has 7 nitrogen and oxygen atoms in total. The lowest BCUT2D eigenvalue weighted by Gasteiger charge is -2.24. The predicted octanol–water partition coefficient (Wildman–Crippen LogP) is 4.70. The van der Waals surface area contributed by atoms with Crippen LogP contribution in [0, 0.1) is 6.92 Å². The summed E-state index contributed by atoms with van der Waals surface area (Å²) in [6.45, 7) is 1.81. The van der Waals surface area contributed by atoms with Crippen molar-refractivity contribution in [2.24, 2.45) is 0 Å². The van der Waals surface area contributed by atoms with Crippen LogP contribution in [0.1, 0.15) is 5.56 Å². The van der Waals surface area contributed by atoms with Crippen LogP contribution in [0.3, 0.4) is 0 Å². The third kappa shape index (κ3) is 6.56. The van der Waals surface area contributed by atoms with Crippen molar-refractivity contribution in [3.05, 3.63) is 82.3 Å². The Kier molecular flexibility index (Phi) is 8.66. The maximum absolute atomic E-state index is 13.4. The molecule has 0 saturated carbocycles. The topological polar surface area (TPSA) is 84.9 Å². The van der Waals surface area contributed by atoms with Crippen LogP contribution in [0.25, 0.3) is 0 Å². The van der Waals surface area contributed by atoms with Gasteiger partial charge in [-0.15, -0.1) is 0 Å². The van der Waals surface area contributed by atoms with Crippen LogP contribution >= 0.6 is 23.2 Å². The summed E-state index contributed by atoms with van der Waals surface area (Å²) in [5, 5.41) is 3.61. The molecule has 0 fully saturated rings. The number of amides is 1. The van der Waals surface area contributed by atoms with E-state index in [-0.39, 0.29) is 23.7 Å². The van der Waals surface area contributed by atoms with Gasteiger partial charge in [-0.1, -0.05) is 35.3 Å². The Balaban J connectivity index is 1.71. The van der Waals surface area contributed by atoms with Gasteiger partial charge >= 0.3 is 0 Å². The Morgan fingerprint density at radius 3 is 2.35 bits per heavy atom. The predicted molar refractivity (Wildman–Crippen MR) is 134 cm³/mol. The number of anilines is 1. The van der Waals surface area contributed by atoms with Gasteiger partial charge in [0.05, 0.1) is 24.2 Å². The molecule has 0 aliphatic rings. The fourth-order valence-corrected chi connectivity index (χ4v) is 4.80. The quantitative estimate of drug-likeness (QED) is 0.390. The van der Waals surface area contributed by atoms with E-state index < -0.39 is 22.5 Å². The summed E-state index contributed by atoms with van der Waals surface area (Å²) in [6.07, 6.45) is 0. The third-order valence-electron chi connectivity index (χ3n) is 4.87. The summed E-state index contributed by atoms with van der Waals surface area (Å²) >= 11 is 12.2. The van der Waals surface area contributed by atoms with Gasteiger partial charge in [0.1, 0.15) is 24.7 Å². The molecule has 180 valence electrons. The summed E-state index contributed by atoms with van der Waals surface area (Å²) in [5.74, 6) is 0.593. The van der Waals surface area contributed by atoms with Crippen LogP contribution in [0.4, 0.5) is 5.69 Å². The van der Waals surface area contributed by atoms with Crippen molar-refractivity contribution >= 4 is 44.8 Å². The van der Waals surface area contributed by atoms with Crippen molar-refractivity contribution < 1.29 is 22.7 Å². The van der Waals surface area contributed by atoms with E-state index in [9.17, 15) is 13.2 Å². The van der Waals surface area contributed by atoms with Crippen LogP contribution in [-0.4, -0.2) is 41.1 Å². The van der Waals surface area contributed by atoms with Crippen LogP contribution < -0.4 is 19.1 Å². The summed E-state index contributed by atoms with van der Waals surface area (Å²) in [4.78, 5) is 12.7. The number of hydrogen-bond acceptors (Lipinski definition) is 5. The highest BCUT2D eigenvalue weighted by Crippen LogP contribution is 2.27. The van der Waals surface area contributed by atoms with E-state index in [1.165, 1.54) is 37.4 Å². The van der Waals surface area contributed by atoms with E-state index in [0.717, 1.165) is 9.87 Å². The zero-order valence-electron chi connectivity index (χ0n) is 18.6. The lowest BCUT2D eigenvalue weighted by Crippen LogP contribution is -2.41. The van der Waals surface area contributed by atoms with E-state index in [1.54, 1.807) is 30.3 Å². The third-order valence-corrected chi connectivity index (χ3v) is 7.30. The SMILES string of the molecule is COc1ccc(S(=O)(=O)N(CC(=O)NCCOc2ccc(C)c(Cl)c2)c2cccc(Cl)c2)cc1. The van der Waals surface area contributed by atoms with Gasteiger partial charge in [0.2, 0.25) is 5.91 Å². The van der Waals surface area contributed by atoms with Gasteiger partial charge in [-0.25, -0.2) is 8.42 Å². The number of rotatable bonds is 10. The average molecular weight is 523 g/mol. The van der Waals surface area contributed by atoms with Gasteiger partial charge < -0.3 is 14.8 Å². The summed E-state index contributed by atoms with van der Waals surface area (Å²) in [6, 6.07) is 17.5. The second-order valence-electron chi connectivity index (χ2n) is 7.28. The fraction of sp³-hybridized carbons (Fsp3) is 0.208. The number of carbonyl (C=O) groups is 1. The second-order valence-corrected chi connectivity index (χ2v) is 9.98. The molecule has 0 aliphatic heterocycles. The molecular weight excluding hydrogens is 499 g/mol. The Morgan fingerprint density at radius 2 is 1.71 bits per heavy atom. The van der Waals surface area contributed by atoms with Gasteiger partial charge in [-0.2, -0.15) is 0 Å². The van der Waals surface area contributed by atoms with Crippen LogP contribution in [0.2, 0.25) is 10.0 Å². The van der Waals surface area contributed by atoms with E-state index >= 15 is 0 Å². The van der Waals surface area contributed by atoms with Crippen LogP contribution in [0.15, 0.2) is 71.6 Å². The van der Waals surface area contributed by atoms with Gasteiger partial charge in [0.15, 0.2) is 0 Å². The first-order valence-corrected chi connectivity index (χ1v) is 12.5. The first-order chi connectivity index (χ1) is 16.2. The average Bonchev–Trinajstić information content (AvgIpc) is 2.82. The molecule has 3 rings (SSSR count). The van der Waals surface area contributed by atoms with E-state index in [4.69, 9.17) is 32.7 Å². The summed E-state index contributed by atoms with van der Waals surface area (Å²) in [7, 11) is -2.57. The van der Waals surface area contributed by atoms with Gasteiger partial charge in [-0.05, 0) is 67.1 Å². The molecule has 0 aromatic heterocycles. The molecule has 0 unspecified atom stereocenters. The Morgan fingerprint density at radius 1 is 1.00 bits per heavy atom. The number of nitrogens with zero attached hydrogens (tertiary/aromatic N) is 1. The van der Waals surface area contributed by atoms with Gasteiger partial charge in [-0.3, -0.25) is 9.10 Å². The molecular formula is C24H24Cl2N2O5S. The lowest BCUT2D eigenvalue weighted by atomic mass is 10.2. The van der Waals surface area contributed by atoms with Crippen molar-refractivity contribution in [3.8, 4) is 11.5 Å². The van der Waals surface area contributed by atoms with Gasteiger partial charge in [0.25, 0.3) is 10.0 Å². The minimum absolute atomic E-state index is 0.0145. The molecule has 3 aromatic carbocycles. The maximum Gasteiger partial charge on any atom is 0.264 e. The molecule has 0 radical (unpaired) electrons. The summed E-state index contributed by atoms with van der Waals surface area (Å²) < 4.78 is 38.5. The Hall–Kier alpha value is -2.94. The lowest BCUT2D eigenvalue weighted by molar-refractivity contribution is -0.119. The molecule has 0 saturated heterocycles. The number of halogens is 2. The number of methoxy groups -OCH3 is 1. The smallest absolute Gasteiger partial charge is 0.264 e. The number of hydrogen-bond donors (Lipinski definition) is 1. The van der Waals surface area contributed by atoms with Crippen LogP contribution in [0.5, 0.6) is 11.5 Å². The molecule has 1 N–H and O–H groups in total. The molecule has 0 atom stereocenters. The monoisotopic (exact) mass is 522 g/mol. The fourth-order valence-electron chi connectivity index (χ4n) is 3.03. The van der Waals surface area contributed by atoms with Crippen molar-refractivity contribution in [1.29, 1.82) is 0 Å². The number of aryl methyl sites for hydroxylation is 1. The number of ether oxygens (including phenoxy) is 2. The first kappa shape index (κ1) is 25.7. The van der Waals surface area contributed by atoms with Gasteiger partial charge in [0, 0.05) is 10.0 Å². The highest BCUT2D eigenvalue weighted by Gasteiger charge is 2.27. The number of benzene rings is 3. The molecule has 0 aliphatic carbocycles. The van der Waals surface area contributed by atoms with Crippen molar-refractivity contribution in [2.75, 3.05) is 31.1 Å². The molecule has 3 aromatic rings. The normalized spacial score (nSPS) is 11.1.